The van der Waals surface area contributed by atoms with Crippen LogP contribution in [0.1, 0.15) is 50.3 Å². The molecular formula is C25H32Cl2N2O2S. The van der Waals surface area contributed by atoms with Gasteiger partial charge in [-0.2, -0.15) is 0 Å². The molecule has 0 saturated heterocycles. The Hall–Kier alpha value is -1.69. The first-order valence-electron chi connectivity index (χ1n) is 10.9. The third kappa shape index (κ3) is 7.72. The lowest BCUT2D eigenvalue weighted by Gasteiger charge is -2.32. The van der Waals surface area contributed by atoms with Crippen molar-refractivity contribution in [3.63, 3.8) is 0 Å². The highest BCUT2D eigenvalue weighted by Crippen LogP contribution is 2.27. The molecule has 0 aliphatic rings. The molecule has 0 aromatic heterocycles. The highest BCUT2D eigenvalue weighted by atomic mass is 35.5. The summed E-state index contributed by atoms with van der Waals surface area (Å²) in [5.41, 5.74) is 3.02. The van der Waals surface area contributed by atoms with Gasteiger partial charge in [0.2, 0.25) is 11.8 Å². The maximum absolute atomic E-state index is 13.3. The van der Waals surface area contributed by atoms with E-state index in [1.54, 1.807) is 23.1 Å². The Balaban J connectivity index is 2.21. The molecule has 174 valence electrons. The zero-order chi connectivity index (χ0) is 23.7. The van der Waals surface area contributed by atoms with Crippen molar-refractivity contribution in [1.82, 2.24) is 10.2 Å². The molecule has 0 aliphatic carbocycles. The fourth-order valence-corrected chi connectivity index (χ4v) is 4.73. The first-order valence-corrected chi connectivity index (χ1v) is 12.8. The van der Waals surface area contributed by atoms with Gasteiger partial charge in [0, 0.05) is 33.9 Å². The van der Waals surface area contributed by atoms with Crippen LogP contribution >= 0.6 is 35.0 Å². The lowest BCUT2D eigenvalue weighted by atomic mass is 10.1. The van der Waals surface area contributed by atoms with Crippen LogP contribution < -0.4 is 5.32 Å². The van der Waals surface area contributed by atoms with E-state index < -0.39 is 6.04 Å². The zero-order valence-corrected chi connectivity index (χ0v) is 21.5. The lowest BCUT2D eigenvalue weighted by Crippen LogP contribution is -2.51. The van der Waals surface area contributed by atoms with E-state index in [4.69, 9.17) is 23.2 Å². The Morgan fingerprint density at radius 3 is 2.31 bits per heavy atom. The molecule has 32 heavy (non-hydrogen) atoms. The summed E-state index contributed by atoms with van der Waals surface area (Å²) in [6.45, 7) is 8.12. The molecule has 0 fully saturated rings. The van der Waals surface area contributed by atoms with Crippen LogP contribution in [-0.4, -0.2) is 34.6 Å². The largest absolute Gasteiger partial charge is 0.352 e. The Morgan fingerprint density at radius 2 is 1.72 bits per heavy atom. The van der Waals surface area contributed by atoms with E-state index in [-0.39, 0.29) is 30.2 Å². The van der Waals surface area contributed by atoms with E-state index in [1.807, 2.05) is 26.8 Å². The zero-order valence-electron chi connectivity index (χ0n) is 19.2. The van der Waals surface area contributed by atoms with Crippen molar-refractivity contribution in [3.05, 3.63) is 69.2 Å². The first-order chi connectivity index (χ1) is 15.3. The van der Waals surface area contributed by atoms with Gasteiger partial charge in [0.25, 0.3) is 0 Å². The number of amides is 2. The second kappa shape index (κ2) is 13.1. The smallest absolute Gasteiger partial charge is 0.243 e. The predicted molar refractivity (Wildman–Crippen MR) is 136 cm³/mol. The van der Waals surface area contributed by atoms with Gasteiger partial charge in [-0.3, -0.25) is 9.59 Å². The second-order valence-corrected chi connectivity index (χ2v) is 9.75. The average Bonchev–Trinajstić information content (AvgIpc) is 2.75. The van der Waals surface area contributed by atoms with Crippen LogP contribution in [0.2, 0.25) is 10.0 Å². The van der Waals surface area contributed by atoms with E-state index in [0.717, 1.165) is 12.2 Å². The number of rotatable bonds is 11. The average molecular weight is 496 g/mol. The normalized spacial score (nSPS) is 12.8. The van der Waals surface area contributed by atoms with Crippen LogP contribution in [0.4, 0.5) is 0 Å². The molecule has 1 N–H and O–H groups in total. The number of carbonyl (C=O) groups excluding carboxylic acids is 2. The maximum atomic E-state index is 13.3. The minimum Gasteiger partial charge on any atom is -0.352 e. The molecule has 0 heterocycles. The van der Waals surface area contributed by atoms with Crippen molar-refractivity contribution >= 4 is 46.8 Å². The molecule has 2 rings (SSSR count). The van der Waals surface area contributed by atoms with Crippen molar-refractivity contribution in [2.75, 3.05) is 5.75 Å². The number of hydrogen-bond acceptors (Lipinski definition) is 3. The van der Waals surface area contributed by atoms with E-state index in [2.05, 4.69) is 30.4 Å². The van der Waals surface area contributed by atoms with Crippen molar-refractivity contribution < 1.29 is 9.59 Å². The SMILES string of the molecule is CC[C@H](C(=O)N[C@@H](C)CC)N(Cc1c(Cl)cccc1Cl)C(=O)CSCc1cccc(C)c1. The molecule has 7 heteroatoms. The molecular weight excluding hydrogens is 463 g/mol. The van der Waals surface area contributed by atoms with Crippen LogP contribution in [0.25, 0.3) is 0 Å². The van der Waals surface area contributed by atoms with Crippen molar-refractivity contribution in [3.8, 4) is 0 Å². The number of aryl methyl sites for hydroxylation is 1. The summed E-state index contributed by atoms with van der Waals surface area (Å²) in [5, 5.41) is 3.99. The predicted octanol–water partition coefficient (Wildman–Crippen LogP) is 6.26. The van der Waals surface area contributed by atoms with Gasteiger partial charge in [-0.05, 0) is 44.4 Å². The van der Waals surface area contributed by atoms with Gasteiger partial charge in [0.05, 0.1) is 5.75 Å². The highest BCUT2D eigenvalue weighted by molar-refractivity contribution is 7.99. The first kappa shape index (κ1) is 26.6. The summed E-state index contributed by atoms with van der Waals surface area (Å²) < 4.78 is 0. The molecule has 0 spiro atoms. The van der Waals surface area contributed by atoms with E-state index in [9.17, 15) is 9.59 Å². The fraction of sp³-hybridized carbons (Fsp3) is 0.440. The minimum atomic E-state index is -0.594. The quantitative estimate of drug-likeness (QED) is 0.401. The molecule has 2 aromatic rings. The summed E-state index contributed by atoms with van der Waals surface area (Å²) in [6.07, 6.45) is 1.32. The molecule has 0 unspecified atom stereocenters. The van der Waals surface area contributed by atoms with Crippen molar-refractivity contribution in [1.29, 1.82) is 0 Å². The highest BCUT2D eigenvalue weighted by Gasteiger charge is 2.30. The number of nitrogens with one attached hydrogen (secondary N) is 1. The summed E-state index contributed by atoms with van der Waals surface area (Å²) in [4.78, 5) is 28.0. The molecule has 2 aromatic carbocycles. The summed E-state index contributed by atoms with van der Waals surface area (Å²) in [7, 11) is 0. The standard InChI is InChI=1S/C25H32Cl2N2O2S/c1-5-18(4)28-25(31)23(6-2)29(14-20-21(26)11-8-12-22(20)27)24(30)16-32-15-19-10-7-9-17(3)13-19/h7-13,18,23H,5-6,14-16H2,1-4H3,(H,28,31)/t18-,23+/m0/s1. The molecule has 2 atom stereocenters. The Labute approximate surface area is 206 Å². The van der Waals surface area contributed by atoms with Gasteiger partial charge in [0.15, 0.2) is 0 Å². The summed E-state index contributed by atoms with van der Waals surface area (Å²) >= 11 is 14.3. The van der Waals surface area contributed by atoms with Crippen LogP contribution in [-0.2, 0) is 21.9 Å². The second-order valence-electron chi connectivity index (χ2n) is 7.95. The van der Waals surface area contributed by atoms with Crippen LogP contribution in [0.3, 0.4) is 0 Å². The Bertz CT molecular complexity index is 902. The molecule has 0 saturated carbocycles. The van der Waals surface area contributed by atoms with Gasteiger partial charge < -0.3 is 10.2 Å². The molecule has 2 amide bonds. The molecule has 0 radical (unpaired) electrons. The summed E-state index contributed by atoms with van der Waals surface area (Å²) in [6, 6.07) is 13.0. The molecule has 0 bridgehead atoms. The Kier molecular flexibility index (Phi) is 10.9. The number of carbonyl (C=O) groups is 2. The van der Waals surface area contributed by atoms with Crippen LogP contribution in [0.15, 0.2) is 42.5 Å². The number of hydrogen-bond donors (Lipinski definition) is 1. The van der Waals surface area contributed by atoms with Crippen molar-refractivity contribution in [2.45, 2.75) is 64.9 Å². The maximum Gasteiger partial charge on any atom is 0.243 e. The van der Waals surface area contributed by atoms with E-state index in [0.29, 0.717) is 22.0 Å². The number of nitrogens with zero attached hydrogens (tertiary/aromatic N) is 1. The van der Waals surface area contributed by atoms with Gasteiger partial charge in [-0.1, -0.05) is 72.9 Å². The third-order valence-electron chi connectivity index (χ3n) is 5.35. The number of benzene rings is 2. The number of halogens is 2. The Morgan fingerprint density at radius 1 is 1.06 bits per heavy atom. The monoisotopic (exact) mass is 494 g/mol. The third-order valence-corrected chi connectivity index (χ3v) is 7.05. The fourth-order valence-electron chi connectivity index (χ4n) is 3.36. The minimum absolute atomic E-state index is 0.0353. The molecule has 4 nitrogen and oxygen atoms in total. The van der Waals surface area contributed by atoms with Gasteiger partial charge >= 0.3 is 0 Å². The number of thioether (sulfide) groups is 1. The van der Waals surface area contributed by atoms with Gasteiger partial charge in [0.1, 0.15) is 6.04 Å². The van der Waals surface area contributed by atoms with E-state index >= 15 is 0 Å². The molecule has 0 aliphatic heterocycles. The van der Waals surface area contributed by atoms with Gasteiger partial charge in [-0.15, -0.1) is 11.8 Å². The van der Waals surface area contributed by atoms with E-state index in [1.165, 1.54) is 22.9 Å². The van der Waals surface area contributed by atoms with Crippen LogP contribution in [0, 0.1) is 6.92 Å². The van der Waals surface area contributed by atoms with Crippen molar-refractivity contribution in [2.24, 2.45) is 0 Å². The topological polar surface area (TPSA) is 49.4 Å². The summed E-state index contributed by atoms with van der Waals surface area (Å²) in [5.74, 6) is 0.736. The lowest BCUT2D eigenvalue weighted by molar-refractivity contribution is -0.139. The van der Waals surface area contributed by atoms with Gasteiger partial charge in [-0.25, -0.2) is 0 Å². The van der Waals surface area contributed by atoms with Crippen LogP contribution in [0.5, 0.6) is 0 Å².